The summed E-state index contributed by atoms with van der Waals surface area (Å²) >= 11 is 0. The van der Waals surface area contributed by atoms with Crippen LogP contribution in [0.15, 0.2) is 0 Å². The molecule has 12 heavy (non-hydrogen) atoms. The highest BCUT2D eigenvalue weighted by Crippen LogP contribution is 1.90. The van der Waals surface area contributed by atoms with E-state index in [9.17, 15) is 0 Å². The Labute approximate surface area is 73.6 Å². The molecule has 0 aliphatic carbocycles. The van der Waals surface area contributed by atoms with E-state index in [1.165, 1.54) is 0 Å². The number of hydrogen-bond donors (Lipinski definition) is 2. The summed E-state index contributed by atoms with van der Waals surface area (Å²) in [5.74, 6) is 10.5. The molecular formula is C10H14O2. The van der Waals surface area contributed by atoms with Gasteiger partial charge in [-0.1, -0.05) is 11.8 Å². The lowest BCUT2D eigenvalue weighted by Crippen LogP contribution is -1.91. The first-order valence-corrected chi connectivity index (χ1v) is 4.04. The van der Waals surface area contributed by atoms with Crippen molar-refractivity contribution in [2.24, 2.45) is 0 Å². The minimum Gasteiger partial charge on any atom is -0.396 e. The van der Waals surface area contributed by atoms with Gasteiger partial charge in [0.2, 0.25) is 0 Å². The minimum atomic E-state index is -0.600. The molecule has 0 saturated carbocycles. The average Bonchev–Trinajstić information content (AvgIpc) is 2.02. The summed E-state index contributed by atoms with van der Waals surface area (Å²) in [5.41, 5.74) is 0. The van der Waals surface area contributed by atoms with Gasteiger partial charge >= 0.3 is 0 Å². The van der Waals surface area contributed by atoms with Crippen LogP contribution in [0.3, 0.4) is 0 Å². The van der Waals surface area contributed by atoms with Crippen LogP contribution in [0, 0.1) is 23.7 Å². The molecule has 0 heterocycles. The van der Waals surface area contributed by atoms with Gasteiger partial charge in [0.15, 0.2) is 0 Å². The van der Waals surface area contributed by atoms with Crippen LogP contribution in [0.2, 0.25) is 0 Å². The zero-order valence-electron chi connectivity index (χ0n) is 7.30. The zero-order chi connectivity index (χ0) is 9.23. The normalized spacial score (nSPS) is 10.6. The van der Waals surface area contributed by atoms with Crippen molar-refractivity contribution in [2.75, 3.05) is 6.61 Å². The van der Waals surface area contributed by atoms with Gasteiger partial charge < -0.3 is 10.2 Å². The van der Waals surface area contributed by atoms with Gasteiger partial charge in [0.1, 0.15) is 6.10 Å². The third-order valence-corrected chi connectivity index (χ3v) is 1.14. The Kier molecular flexibility index (Phi) is 7.49. The molecule has 0 aliphatic heterocycles. The number of aliphatic hydroxyl groups is 2. The molecule has 0 amide bonds. The topological polar surface area (TPSA) is 40.5 Å². The molecule has 66 valence electrons. The van der Waals surface area contributed by atoms with Gasteiger partial charge in [0, 0.05) is 13.0 Å². The smallest absolute Gasteiger partial charge is 0.112 e. The van der Waals surface area contributed by atoms with Crippen LogP contribution < -0.4 is 0 Å². The van der Waals surface area contributed by atoms with Crippen LogP contribution in [-0.2, 0) is 0 Å². The van der Waals surface area contributed by atoms with Crippen molar-refractivity contribution in [1.29, 1.82) is 0 Å². The van der Waals surface area contributed by atoms with Crippen LogP contribution in [0.1, 0.15) is 26.2 Å². The van der Waals surface area contributed by atoms with Crippen LogP contribution >= 0.6 is 0 Å². The molecule has 2 N–H and O–H groups in total. The SMILES string of the molecule is C[C@H](O)C#CC#CCCCCO. The average molecular weight is 166 g/mol. The van der Waals surface area contributed by atoms with E-state index in [0.717, 1.165) is 19.3 Å². The molecule has 0 aromatic carbocycles. The number of rotatable bonds is 3. The van der Waals surface area contributed by atoms with Crippen molar-refractivity contribution in [2.45, 2.75) is 32.3 Å². The van der Waals surface area contributed by atoms with Crippen molar-refractivity contribution in [3.05, 3.63) is 0 Å². The predicted molar refractivity (Wildman–Crippen MR) is 48.2 cm³/mol. The van der Waals surface area contributed by atoms with E-state index in [4.69, 9.17) is 10.2 Å². The fourth-order valence-corrected chi connectivity index (χ4v) is 0.572. The number of aliphatic hydroxyl groups excluding tert-OH is 2. The van der Waals surface area contributed by atoms with Crippen LogP contribution in [0.25, 0.3) is 0 Å². The van der Waals surface area contributed by atoms with E-state index in [1.807, 2.05) is 0 Å². The van der Waals surface area contributed by atoms with E-state index < -0.39 is 6.10 Å². The fraction of sp³-hybridized carbons (Fsp3) is 0.600. The maximum absolute atomic E-state index is 8.72. The van der Waals surface area contributed by atoms with Gasteiger partial charge in [-0.15, -0.1) is 0 Å². The monoisotopic (exact) mass is 166 g/mol. The lowest BCUT2D eigenvalue weighted by molar-refractivity contribution is 0.253. The molecule has 2 nitrogen and oxygen atoms in total. The van der Waals surface area contributed by atoms with Gasteiger partial charge in [-0.05, 0) is 31.6 Å². The molecule has 0 saturated heterocycles. The second-order valence-electron chi connectivity index (χ2n) is 2.43. The molecule has 0 radical (unpaired) electrons. The van der Waals surface area contributed by atoms with E-state index in [0.29, 0.717) is 0 Å². The van der Waals surface area contributed by atoms with Crippen LogP contribution in [0.4, 0.5) is 0 Å². The summed E-state index contributed by atoms with van der Waals surface area (Å²) < 4.78 is 0. The Morgan fingerprint density at radius 2 is 2.00 bits per heavy atom. The molecule has 0 rings (SSSR count). The molecule has 0 aromatic rings. The third-order valence-electron chi connectivity index (χ3n) is 1.14. The first-order chi connectivity index (χ1) is 5.77. The van der Waals surface area contributed by atoms with E-state index >= 15 is 0 Å². The molecule has 0 aromatic heterocycles. The standard InChI is InChI=1S/C10H14O2/c1-10(12)8-6-4-2-3-5-7-9-11/h10-12H,3,5,7,9H2,1H3/t10-/m0/s1. The molecule has 0 fully saturated rings. The summed E-state index contributed by atoms with van der Waals surface area (Å²) in [6.07, 6.45) is 1.85. The summed E-state index contributed by atoms with van der Waals surface area (Å²) in [5, 5.41) is 17.2. The lowest BCUT2D eigenvalue weighted by Gasteiger charge is -1.86. The number of hydrogen-bond acceptors (Lipinski definition) is 2. The summed E-state index contributed by atoms with van der Waals surface area (Å²) in [6, 6.07) is 0. The van der Waals surface area contributed by atoms with E-state index in [-0.39, 0.29) is 6.61 Å². The zero-order valence-corrected chi connectivity index (χ0v) is 7.30. The molecule has 0 unspecified atom stereocenters. The molecule has 0 spiro atoms. The molecule has 0 aliphatic rings. The second kappa shape index (κ2) is 8.14. The Bertz CT molecular complexity index is 209. The third kappa shape index (κ3) is 9.04. The fourth-order valence-electron chi connectivity index (χ4n) is 0.572. The highest BCUT2D eigenvalue weighted by Gasteiger charge is 1.81. The quantitative estimate of drug-likeness (QED) is 0.474. The van der Waals surface area contributed by atoms with Crippen molar-refractivity contribution >= 4 is 0 Å². The Hall–Kier alpha value is -0.960. The van der Waals surface area contributed by atoms with E-state index in [2.05, 4.69) is 23.7 Å². The lowest BCUT2D eigenvalue weighted by atomic mass is 10.2. The highest BCUT2D eigenvalue weighted by atomic mass is 16.3. The van der Waals surface area contributed by atoms with Gasteiger partial charge in [-0.2, -0.15) is 0 Å². The first kappa shape index (κ1) is 11.0. The summed E-state index contributed by atoms with van der Waals surface area (Å²) in [6.45, 7) is 1.82. The van der Waals surface area contributed by atoms with Crippen molar-refractivity contribution < 1.29 is 10.2 Å². The van der Waals surface area contributed by atoms with Crippen molar-refractivity contribution in [3.8, 4) is 23.7 Å². The predicted octanol–water partition coefficient (Wildman–Crippen LogP) is 0.537. The second-order valence-corrected chi connectivity index (χ2v) is 2.43. The largest absolute Gasteiger partial charge is 0.396 e. The van der Waals surface area contributed by atoms with Gasteiger partial charge in [-0.3, -0.25) is 0 Å². The maximum Gasteiger partial charge on any atom is 0.112 e. The van der Waals surface area contributed by atoms with Gasteiger partial charge in [0.25, 0.3) is 0 Å². The van der Waals surface area contributed by atoms with Crippen molar-refractivity contribution in [1.82, 2.24) is 0 Å². The Balaban J connectivity index is 3.42. The maximum atomic E-state index is 8.72. The molecule has 1 atom stereocenters. The Morgan fingerprint density at radius 3 is 2.58 bits per heavy atom. The van der Waals surface area contributed by atoms with E-state index in [1.54, 1.807) is 6.92 Å². The van der Waals surface area contributed by atoms with Crippen molar-refractivity contribution in [3.63, 3.8) is 0 Å². The number of unbranched alkanes of at least 4 members (excludes halogenated alkanes) is 2. The summed E-state index contributed by atoms with van der Waals surface area (Å²) in [7, 11) is 0. The minimum absolute atomic E-state index is 0.223. The molecular weight excluding hydrogens is 152 g/mol. The van der Waals surface area contributed by atoms with Gasteiger partial charge in [0.05, 0.1) is 0 Å². The molecule has 0 bridgehead atoms. The Morgan fingerprint density at radius 1 is 1.25 bits per heavy atom. The van der Waals surface area contributed by atoms with Crippen LogP contribution in [-0.4, -0.2) is 22.9 Å². The summed E-state index contributed by atoms with van der Waals surface area (Å²) in [4.78, 5) is 0. The first-order valence-electron chi connectivity index (χ1n) is 4.04. The van der Waals surface area contributed by atoms with Crippen LogP contribution in [0.5, 0.6) is 0 Å². The molecule has 2 heteroatoms. The van der Waals surface area contributed by atoms with Gasteiger partial charge in [-0.25, -0.2) is 0 Å². The highest BCUT2D eigenvalue weighted by molar-refractivity contribution is 5.26.